The molecule has 0 amide bonds. The third kappa shape index (κ3) is 2.50. The molecule has 2 rings (SSSR count). The third-order valence-electron chi connectivity index (χ3n) is 2.84. The van der Waals surface area contributed by atoms with Crippen LogP contribution < -0.4 is 4.74 Å². The minimum atomic E-state index is -0.262. The van der Waals surface area contributed by atoms with E-state index in [0.717, 1.165) is 23.3 Å². The number of hydrogen-bond acceptors (Lipinski definition) is 2. The highest BCUT2D eigenvalue weighted by molar-refractivity contribution is 6.32. The van der Waals surface area contributed by atoms with E-state index >= 15 is 0 Å². The quantitative estimate of drug-likeness (QED) is 0.750. The van der Waals surface area contributed by atoms with Crippen LogP contribution >= 0.6 is 23.2 Å². The first-order valence-corrected chi connectivity index (χ1v) is 6.52. The highest BCUT2D eigenvalue weighted by Gasteiger charge is 2.17. The molecule has 4 heteroatoms. The normalized spacial score (nSPS) is 12.4. The number of benzene rings is 1. The second-order valence-electron chi connectivity index (χ2n) is 3.91. The Morgan fingerprint density at radius 1 is 1.33 bits per heavy atom. The van der Waals surface area contributed by atoms with Crippen LogP contribution in [0, 0.1) is 0 Å². The van der Waals surface area contributed by atoms with Crippen molar-refractivity contribution in [1.82, 2.24) is 0 Å². The van der Waals surface area contributed by atoms with E-state index in [1.807, 2.05) is 31.2 Å². The van der Waals surface area contributed by atoms with Crippen LogP contribution in [0.1, 0.15) is 29.2 Å². The summed E-state index contributed by atoms with van der Waals surface area (Å²) in [6, 6.07) is 7.45. The number of ether oxygens (including phenoxy) is 1. The van der Waals surface area contributed by atoms with Crippen LogP contribution in [-0.2, 0) is 6.42 Å². The number of aryl methyl sites for hydroxylation is 1. The van der Waals surface area contributed by atoms with Gasteiger partial charge in [-0.3, -0.25) is 0 Å². The van der Waals surface area contributed by atoms with Crippen molar-refractivity contribution >= 4 is 23.2 Å². The van der Waals surface area contributed by atoms with E-state index in [-0.39, 0.29) is 5.38 Å². The Labute approximate surface area is 116 Å². The fourth-order valence-electron chi connectivity index (χ4n) is 1.88. The Hall–Kier alpha value is -1.12. The Morgan fingerprint density at radius 3 is 2.72 bits per heavy atom. The van der Waals surface area contributed by atoms with E-state index in [1.165, 1.54) is 0 Å². The monoisotopic (exact) mass is 284 g/mol. The van der Waals surface area contributed by atoms with Crippen molar-refractivity contribution in [1.29, 1.82) is 0 Å². The predicted octanol–water partition coefficient (Wildman–Crippen LogP) is 4.83. The molecule has 18 heavy (non-hydrogen) atoms. The molecule has 0 fully saturated rings. The van der Waals surface area contributed by atoms with Crippen LogP contribution in [0.3, 0.4) is 0 Å². The van der Waals surface area contributed by atoms with E-state index < -0.39 is 0 Å². The molecular weight excluding hydrogens is 271 g/mol. The minimum Gasteiger partial charge on any atom is -0.495 e. The maximum atomic E-state index is 6.46. The van der Waals surface area contributed by atoms with Gasteiger partial charge < -0.3 is 9.15 Å². The summed E-state index contributed by atoms with van der Waals surface area (Å²) < 4.78 is 10.5. The lowest BCUT2D eigenvalue weighted by atomic mass is 10.0. The Kier molecular flexibility index (Phi) is 4.20. The van der Waals surface area contributed by atoms with Gasteiger partial charge in [0.25, 0.3) is 0 Å². The molecule has 0 saturated heterocycles. The molecule has 0 spiro atoms. The highest BCUT2D eigenvalue weighted by atomic mass is 35.5. The van der Waals surface area contributed by atoms with Crippen LogP contribution in [-0.4, -0.2) is 7.11 Å². The number of alkyl halides is 1. The molecule has 1 unspecified atom stereocenters. The summed E-state index contributed by atoms with van der Waals surface area (Å²) in [4.78, 5) is 0. The molecule has 1 aromatic carbocycles. The summed E-state index contributed by atoms with van der Waals surface area (Å²) in [6.07, 6.45) is 2.48. The van der Waals surface area contributed by atoms with Crippen molar-refractivity contribution in [2.75, 3.05) is 7.11 Å². The molecular formula is C14H14Cl2O2. The fraction of sp³-hybridized carbons (Fsp3) is 0.286. The van der Waals surface area contributed by atoms with Gasteiger partial charge in [-0.15, -0.1) is 11.6 Å². The first-order valence-electron chi connectivity index (χ1n) is 5.71. The second-order valence-corrected chi connectivity index (χ2v) is 4.75. The Balaban J connectivity index is 2.34. The van der Waals surface area contributed by atoms with Crippen LogP contribution in [0.2, 0.25) is 5.02 Å². The molecule has 0 aliphatic carbocycles. The first kappa shape index (κ1) is 13.3. The molecule has 1 aromatic heterocycles. The summed E-state index contributed by atoms with van der Waals surface area (Å²) in [5, 5.41) is 0.296. The molecule has 2 aromatic rings. The van der Waals surface area contributed by atoms with Gasteiger partial charge in [-0.1, -0.05) is 24.6 Å². The van der Waals surface area contributed by atoms with Gasteiger partial charge in [-0.2, -0.15) is 0 Å². The molecule has 2 nitrogen and oxygen atoms in total. The zero-order chi connectivity index (χ0) is 13.1. The van der Waals surface area contributed by atoms with Gasteiger partial charge in [0.05, 0.1) is 23.8 Å². The standard InChI is InChI=1S/C14H14Cl2O2/c1-3-12-10(6-7-18-12)14(16)9-4-5-13(17-2)11(15)8-9/h4-8,14H,3H2,1-2H3. The van der Waals surface area contributed by atoms with Gasteiger partial charge in [-0.25, -0.2) is 0 Å². The van der Waals surface area contributed by atoms with Gasteiger partial charge in [0, 0.05) is 12.0 Å². The molecule has 1 atom stereocenters. The largest absolute Gasteiger partial charge is 0.495 e. The smallest absolute Gasteiger partial charge is 0.137 e. The van der Waals surface area contributed by atoms with Gasteiger partial charge >= 0.3 is 0 Å². The van der Waals surface area contributed by atoms with Gasteiger partial charge in [0.15, 0.2) is 0 Å². The van der Waals surface area contributed by atoms with Crippen molar-refractivity contribution in [3.63, 3.8) is 0 Å². The van der Waals surface area contributed by atoms with Crippen LogP contribution in [0.5, 0.6) is 5.75 Å². The summed E-state index contributed by atoms with van der Waals surface area (Å²) in [5.74, 6) is 1.55. The van der Waals surface area contributed by atoms with Crippen molar-refractivity contribution < 1.29 is 9.15 Å². The molecule has 0 aliphatic heterocycles. The average Bonchev–Trinajstić information content (AvgIpc) is 2.86. The van der Waals surface area contributed by atoms with E-state index in [4.69, 9.17) is 32.4 Å². The molecule has 0 saturated carbocycles. The van der Waals surface area contributed by atoms with Crippen LogP contribution in [0.15, 0.2) is 34.9 Å². The van der Waals surface area contributed by atoms with E-state index in [2.05, 4.69) is 0 Å². The summed E-state index contributed by atoms with van der Waals surface area (Å²) in [5.41, 5.74) is 1.92. The number of furan rings is 1. The molecule has 1 heterocycles. The number of rotatable bonds is 4. The van der Waals surface area contributed by atoms with Crippen LogP contribution in [0.25, 0.3) is 0 Å². The van der Waals surface area contributed by atoms with Crippen molar-refractivity contribution in [3.8, 4) is 5.75 Å². The molecule has 96 valence electrons. The predicted molar refractivity (Wildman–Crippen MR) is 73.8 cm³/mol. The van der Waals surface area contributed by atoms with E-state index in [0.29, 0.717) is 10.8 Å². The molecule has 0 radical (unpaired) electrons. The number of methoxy groups -OCH3 is 1. The topological polar surface area (TPSA) is 22.4 Å². The van der Waals surface area contributed by atoms with Gasteiger partial charge in [0.2, 0.25) is 0 Å². The van der Waals surface area contributed by atoms with Crippen LogP contribution in [0.4, 0.5) is 0 Å². The van der Waals surface area contributed by atoms with Gasteiger partial charge in [0.1, 0.15) is 11.5 Å². The Morgan fingerprint density at radius 2 is 2.11 bits per heavy atom. The lowest BCUT2D eigenvalue weighted by Crippen LogP contribution is -1.96. The maximum absolute atomic E-state index is 6.46. The minimum absolute atomic E-state index is 0.262. The highest BCUT2D eigenvalue weighted by Crippen LogP contribution is 2.35. The number of hydrogen-bond donors (Lipinski definition) is 0. The van der Waals surface area contributed by atoms with Crippen molar-refractivity contribution in [3.05, 3.63) is 52.4 Å². The van der Waals surface area contributed by atoms with Crippen molar-refractivity contribution in [2.45, 2.75) is 18.7 Å². The molecule has 0 N–H and O–H groups in total. The lowest BCUT2D eigenvalue weighted by Gasteiger charge is -2.11. The first-order chi connectivity index (χ1) is 8.67. The fourth-order valence-corrected chi connectivity index (χ4v) is 2.48. The summed E-state index contributed by atoms with van der Waals surface area (Å²) in [6.45, 7) is 2.03. The second kappa shape index (κ2) is 5.68. The molecule has 0 aliphatic rings. The third-order valence-corrected chi connectivity index (χ3v) is 3.62. The lowest BCUT2D eigenvalue weighted by molar-refractivity contribution is 0.415. The zero-order valence-corrected chi connectivity index (χ0v) is 11.8. The Bertz CT molecular complexity index is 534. The van der Waals surface area contributed by atoms with E-state index in [1.54, 1.807) is 13.4 Å². The summed E-state index contributed by atoms with van der Waals surface area (Å²) >= 11 is 12.6. The SMILES string of the molecule is CCc1occc1C(Cl)c1ccc(OC)c(Cl)c1. The number of halogens is 2. The van der Waals surface area contributed by atoms with Crippen molar-refractivity contribution in [2.24, 2.45) is 0 Å². The van der Waals surface area contributed by atoms with E-state index in [9.17, 15) is 0 Å². The zero-order valence-electron chi connectivity index (χ0n) is 10.2. The summed E-state index contributed by atoms with van der Waals surface area (Å²) in [7, 11) is 1.59. The average molecular weight is 285 g/mol. The molecule has 0 bridgehead atoms. The maximum Gasteiger partial charge on any atom is 0.137 e. The van der Waals surface area contributed by atoms with Gasteiger partial charge in [-0.05, 0) is 23.8 Å².